The SMILES string of the molecule is CC[C@H](C)n1nc[nH]c1=O. The van der Waals surface area contributed by atoms with Crippen LogP contribution in [0.1, 0.15) is 26.3 Å². The lowest BCUT2D eigenvalue weighted by molar-refractivity contribution is 0.463. The number of nitrogens with zero attached hydrogens (tertiary/aromatic N) is 2. The molecule has 0 fully saturated rings. The molecule has 0 saturated heterocycles. The molecule has 0 aliphatic heterocycles. The van der Waals surface area contributed by atoms with Crippen molar-refractivity contribution in [1.82, 2.24) is 14.8 Å². The van der Waals surface area contributed by atoms with Crippen LogP contribution in [0, 0.1) is 0 Å². The number of H-pyrrole nitrogens is 1. The van der Waals surface area contributed by atoms with E-state index in [1.165, 1.54) is 11.0 Å². The van der Waals surface area contributed by atoms with Gasteiger partial charge in [0.2, 0.25) is 0 Å². The highest BCUT2D eigenvalue weighted by atomic mass is 16.1. The van der Waals surface area contributed by atoms with E-state index in [4.69, 9.17) is 0 Å². The van der Waals surface area contributed by atoms with Gasteiger partial charge < -0.3 is 0 Å². The molecule has 1 heterocycles. The van der Waals surface area contributed by atoms with Gasteiger partial charge in [0.05, 0.1) is 6.04 Å². The Morgan fingerprint density at radius 3 is 3.00 bits per heavy atom. The fourth-order valence-electron chi connectivity index (χ4n) is 0.752. The summed E-state index contributed by atoms with van der Waals surface area (Å²) in [7, 11) is 0. The van der Waals surface area contributed by atoms with Gasteiger partial charge in [0.15, 0.2) is 0 Å². The standard InChI is InChI=1S/C6H11N3O/c1-3-5(2)9-6(10)7-4-8-9/h4-5H,3H2,1-2H3,(H,7,8,10)/t5-/m0/s1. The predicted octanol–water partition coefficient (Wildman–Crippen LogP) is 0.542. The Balaban J connectivity index is 2.93. The molecule has 4 heteroatoms. The van der Waals surface area contributed by atoms with E-state index in [0.29, 0.717) is 0 Å². The van der Waals surface area contributed by atoms with Gasteiger partial charge in [-0.15, -0.1) is 0 Å². The lowest BCUT2D eigenvalue weighted by Gasteiger charge is -2.04. The van der Waals surface area contributed by atoms with Gasteiger partial charge in [-0.05, 0) is 13.3 Å². The first-order valence-electron chi connectivity index (χ1n) is 3.38. The average Bonchev–Trinajstić information content (AvgIpc) is 2.34. The van der Waals surface area contributed by atoms with Crippen LogP contribution in [0.15, 0.2) is 11.1 Å². The van der Waals surface area contributed by atoms with Crippen LogP contribution in [0.5, 0.6) is 0 Å². The number of hydrogen-bond donors (Lipinski definition) is 1. The third kappa shape index (κ3) is 1.10. The molecule has 0 spiro atoms. The van der Waals surface area contributed by atoms with Crippen LogP contribution < -0.4 is 5.69 Å². The summed E-state index contributed by atoms with van der Waals surface area (Å²) in [6.45, 7) is 3.98. The van der Waals surface area contributed by atoms with Gasteiger partial charge in [0.1, 0.15) is 6.33 Å². The zero-order valence-corrected chi connectivity index (χ0v) is 6.16. The Labute approximate surface area is 58.9 Å². The lowest BCUT2D eigenvalue weighted by atomic mass is 10.3. The molecule has 10 heavy (non-hydrogen) atoms. The van der Waals surface area contributed by atoms with E-state index in [1.54, 1.807) is 0 Å². The third-order valence-electron chi connectivity index (χ3n) is 1.59. The zero-order chi connectivity index (χ0) is 7.56. The first-order valence-corrected chi connectivity index (χ1v) is 3.38. The van der Waals surface area contributed by atoms with Crippen molar-refractivity contribution in [2.24, 2.45) is 0 Å². The Hall–Kier alpha value is -1.06. The second-order valence-corrected chi connectivity index (χ2v) is 2.30. The van der Waals surface area contributed by atoms with Crippen molar-refractivity contribution in [2.75, 3.05) is 0 Å². The molecule has 0 aliphatic rings. The van der Waals surface area contributed by atoms with Crippen molar-refractivity contribution in [2.45, 2.75) is 26.3 Å². The van der Waals surface area contributed by atoms with Crippen LogP contribution in [-0.4, -0.2) is 14.8 Å². The number of aromatic nitrogens is 3. The predicted molar refractivity (Wildman–Crippen MR) is 37.8 cm³/mol. The third-order valence-corrected chi connectivity index (χ3v) is 1.59. The summed E-state index contributed by atoms with van der Waals surface area (Å²) >= 11 is 0. The van der Waals surface area contributed by atoms with Gasteiger partial charge in [-0.25, -0.2) is 9.48 Å². The molecule has 1 aromatic heterocycles. The van der Waals surface area contributed by atoms with Gasteiger partial charge in [0, 0.05) is 0 Å². The summed E-state index contributed by atoms with van der Waals surface area (Å²) in [5.41, 5.74) is -0.130. The van der Waals surface area contributed by atoms with Gasteiger partial charge >= 0.3 is 5.69 Å². The maximum absolute atomic E-state index is 10.9. The van der Waals surface area contributed by atoms with Crippen molar-refractivity contribution < 1.29 is 0 Å². The number of nitrogens with one attached hydrogen (secondary N) is 1. The maximum Gasteiger partial charge on any atom is 0.343 e. The molecular formula is C6H11N3O. The lowest BCUT2D eigenvalue weighted by Crippen LogP contribution is -2.21. The maximum atomic E-state index is 10.9. The van der Waals surface area contributed by atoms with Crippen molar-refractivity contribution in [1.29, 1.82) is 0 Å². The minimum absolute atomic E-state index is 0.130. The topological polar surface area (TPSA) is 50.7 Å². The van der Waals surface area contributed by atoms with E-state index in [2.05, 4.69) is 10.1 Å². The van der Waals surface area contributed by atoms with Crippen LogP contribution in [0.3, 0.4) is 0 Å². The van der Waals surface area contributed by atoms with Crippen molar-refractivity contribution in [3.05, 3.63) is 16.8 Å². The summed E-state index contributed by atoms with van der Waals surface area (Å²) in [5.74, 6) is 0. The molecule has 0 bridgehead atoms. The fraction of sp³-hybridized carbons (Fsp3) is 0.667. The smallest absolute Gasteiger partial charge is 0.295 e. The van der Waals surface area contributed by atoms with E-state index in [-0.39, 0.29) is 11.7 Å². The minimum Gasteiger partial charge on any atom is -0.295 e. The quantitative estimate of drug-likeness (QED) is 0.653. The summed E-state index contributed by atoms with van der Waals surface area (Å²) < 4.78 is 1.44. The van der Waals surface area contributed by atoms with E-state index >= 15 is 0 Å². The van der Waals surface area contributed by atoms with Gasteiger partial charge in [-0.2, -0.15) is 5.10 Å². The Morgan fingerprint density at radius 1 is 1.90 bits per heavy atom. The summed E-state index contributed by atoms with van der Waals surface area (Å²) in [6.07, 6.45) is 2.33. The number of aromatic amines is 1. The number of hydrogen-bond acceptors (Lipinski definition) is 2. The van der Waals surface area contributed by atoms with Crippen molar-refractivity contribution >= 4 is 0 Å². The second-order valence-electron chi connectivity index (χ2n) is 2.30. The van der Waals surface area contributed by atoms with Gasteiger partial charge in [0.25, 0.3) is 0 Å². The average molecular weight is 141 g/mol. The second kappa shape index (κ2) is 2.68. The van der Waals surface area contributed by atoms with E-state index in [9.17, 15) is 4.79 Å². The molecule has 1 rings (SSSR count). The molecular weight excluding hydrogens is 130 g/mol. The van der Waals surface area contributed by atoms with Crippen LogP contribution in [0.2, 0.25) is 0 Å². The van der Waals surface area contributed by atoms with Crippen molar-refractivity contribution in [3.8, 4) is 0 Å². The summed E-state index contributed by atoms with van der Waals surface area (Å²) in [4.78, 5) is 13.3. The van der Waals surface area contributed by atoms with E-state index in [0.717, 1.165) is 6.42 Å². The van der Waals surface area contributed by atoms with Crippen LogP contribution in [-0.2, 0) is 0 Å². The Morgan fingerprint density at radius 2 is 2.60 bits per heavy atom. The molecule has 0 aromatic carbocycles. The van der Waals surface area contributed by atoms with Crippen LogP contribution in [0.4, 0.5) is 0 Å². The molecule has 0 amide bonds. The van der Waals surface area contributed by atoms with E-state index in [1.807, 2.05) is 13.8 Å². The highest BCUT2D eigenvalue weighted by Gasteiger charge is 2.03. The fourth-order valence-corrected chi connectivity index (χ4v) is 0.752. The summed E-state index contributed by atoms with van der Waals surface area (Å²) in [5, 5.41) is 3.84. The van der Waals surface area contributed by atoms with E-state index < -0.39 is 0 Å². The van der Waals surface area contributed by atoms with Crippen molar-refractivity contribution in [3.63, 3.8) is 0 Å². The molecule has 0 saturated carbocycles. The largest absolute Gasteiger partial charge is 0.343 e. The molecule has 4 nitrogen and oxygen atoms in total. The van der Waals surface area contributed by atoms with Gasteiger partial charge in [-0.3, -0.25) is 4.98 Å². The zero-order valence-electron chi connectivity index (χ0n) is 6.16. The Kier molecular flexibility index (Phi) is 1.89. The molecule has 1 N–H and O–H groups in total. The monoisotopic (exact) mass is 141 g/mol. The van der Waals surface area contributed by atoms with Crippen LogP contribution >= 0.6 is 0 Å². The highest BCUT2D eigenvalue weighted by molar-refractivity contribution is 4.65. The summed E-state index contributed by atoms with van der Waals surface area (Å²) in [6, 6.07) is 0.193. The number of rotatable bonds is 2. The molecule has 1 aromatic rings. The van der Waals surface area contributed by atoms with Gasteiger partial charge in [-0.1, -0.05) is 6.92 Å². The molecule has 0 radical (unpaired) electrons. The first-order chi connectivity index (χ1) is 4.75. The van der Waals surface area contributed by atoms with Crippen LogP contribution in [0.25, 0.3) is 0 Å². The molecule has 0 unspecified atom stereocenters. The minimum atomic E-state index is -0.130. The normalized spacial score (nSPS) is 13.4. The molecule has 0 aliphatic carbocycles. The highest BCUT2D eigenvalue weighted by Crippen LogP contribution is 2.02. The molecule has 1 atom stereocenters. The molecule has 56 valence electrons. The first kappa shape index (κ1) is 7.05. The Bertz CT molecular complexity index is 249.